The number of nitrogens with zero attached hydrogens (tertiary/aromatic N) is 3. The summed E-state index contributed by atoms with van der Waals surface area (Å²) in [5.74, 6) is -1.88. The molecule has 220 valence electrons. The van der Waals surface area contributed by atoms with Gasteiger partial charge in [-0.3, -0.25) is 4.90 Å². The van der Waals surface area contributed by atoms with Crippen LogP contribution in [0.2, 0.25) is 0 Å². The average molecular weight is 593 g/mol. The molecule has 1 amide bonds. The van der Waals surface area contributed by atoms with Crippen molar-refractivity contribution in [2.24, 2.45) is 0 Å². The normalized spacial score (nSPS) is 26.0. The summed E-state index contributed by atoms with van der Waals surface area (Å²) in [6, 6.07) is -0.243. The van der Waals surface area contributed by atoms with Crippen molar-refractivity contribution in [2.75, 3.05) is 0 Å². The van der Waals surface area contributed by atoms with Crippen LogP contribution in [0.1, 0.15) is 63.0 Å². The van der Waals surface area contributed by atoms with E-state index in [9.17, 15) is 35.2 Å². The van der Waals surface area contributed by atoms with Crippen LogP contribution in [0.4, 0.5) is 26.7 Å². The first-order chi connectivity index (χ1) is 18.5. The monoisotopic (exact) mass is 592 g/mol. The fraction of sp³-hybridized carbons (Fsp3) is 0.600. The Morgan fingerprint density at radius 1 is 1.15 bits per heavy atom. The number of hydrogen-bond acceptors (Lipinski definition) is 7. The van der Waals surface area contributed by atoms with Gasteiger partial charge in [-0.1, -0.05) is 0 Å². The van der Waals surface area contributed by atoms with E-state index in [4.69, 9.17) is 9.47 Å². The molecule has 1 aliphatic carbocycles. The number of alkyl carbamates (subject to hydrolysis) is 1. The number of rotatable bonds is 5. The van der Waals surface area contributed by atoms with Crippen LogP contribution in [0.15, 0.2) is 24.4 Å². The van der Waals surface area contributed by atoms with Crippen LogP contribution in [0.5, 0.6) is 0 Å². The number of hydrogen-bond donors (Lipinski definition) is 1. The molecule has 1 aromatic heterocycles. The number of ether oxygens (including phenoxy) is 2. The van der Waals surface area contributed by atoms with Crippen LogP contribution in [0, 0.1) is 11.6 Å². The van der Waals surface area contributed by atoms with Gasteiger partial charge < -0.3 is 14.8 Å². The van der Waals surface area contributed by atoms with Gasteiger partial charge in [-0.2, -0.15) is 22.4 Å². The van der Waals surface area contributed by atoms with Crippen LogP contribution >= 0.6 is 0 Å². The number of alkyl halides is 3. The van der Waals surface area contributed by atoms with E-state index >= 15 is 0 Å². The summed E-state index contributed by atoms with van der Waals surface area (Å²) >= 11 is 0. The maximum Gasteiger partial charge on any atom is 0.416 e. The zero-order chi connectivity index (χ0) is 29.2. The Labute approximate surface area is 227 Å². The van der Waals surface area contributed by atoms with Crippen LogP contribution in [0.25, 0.3) is 0 Å². The fourth-order valence-electron chi connectivity index (χ4n) is 5.14. The largest absolute Gasteiger partial charge is 0.444 e. The van der Waals surface area contributed by atoms with E-state index in [0.29, 0.717) is 24.1 Å². The Morgan fingerprint density at radius 2 is 1.85 bits per heavy atom. The van der Waals surface area contributed by atoms with E-state index in [1.807, 2.05) is 0 Å². The molecule has 0 spiro atoms. The number of carbonyl (C=O) groups excluding carboxylic acids is 1. The number of nitrogens with one attached hydrogen (secondary N) is 1. The summed E-state index contributed by atoms with van der Waals surface area (Å²) in [5, 5.41) is 6.11. The molecule has 1 aromatic carbocycles. The maximum atomic E-state index is 14.7. The minimum atomic E-state index is -4.90. The number of amides is 1. The highest BCUT2D eigenvalue weighted by molar-refractivity contribution is 7.90. The minimum Gasteiger partial charge on any atom is -0.444 e. The number of fused-ring (bicyclic) bond motifs is 1. The molecule has 3 heterocycles. The number of benzene rings is 1. The Kier molecular flexibility index (Phi) is 7.14. The summed E-state index contributed by atoms with van der Waals surface area (Å²) in [6.45, 7) is 4.65. The first-order valence-corrected chi connectivity index (χ1v) is 14.3. The van der Waals surface area contributed by atoms with E-state index in [1.54, 1.807) is 20.8 Å². The minimum absolute atomic E-state index is 0.0473. The Balaban J connectivity index is 1.44. The van der Waals surface area contributed by atoms with Crippen molar-refractivity contribution in [1.82, 2.24) is 19.4 Å². The molecule has 15 heteroatoms. The third-order valence-corrected chi connectivity index (χ3v) is 9.07. The second kappa shape index (κ2) is 9.94. The summed E-state index contributed by atoms with van der Waals surface area (Å²) in [7, 11) is -3.65. The smallest absolute Gasteiger partial charge is 0.416 e. The summed E-state index contributed by atoms with van der Waals surface area (Å²) in [6.07, 6.45) is -7.94. The van der Waals surface area contributed by atoms with Gasteiger partial charge in [0.05, 0.1) is 17.0 Å². The van der Waals surface area contributed by atoms with Gasteiger partial charge in [0, 0.05) is 36.5 Å². The van der Waals surface area contributed by atoms with Crippen molar-refractivity contribution >= 4 is 16.1 Å². The van der Waals surface area contributed by atoms with Gasteiger partial charge in [0.25, 0.3) is 10.0 Å². The molecule has 1 saturated heterocycles. The van der Waals surface area contributed by atoms with Gasteiger partial charge in [0.15, 0.2) is 6.10 Å². The molecule has 3 aliphatic rings. The highest BCUT2D eigenvalue weighted by Gasteiger charge is 2.55. The number of aromatic nitrogens is 2. The van der Waals surface area contributed by atoms with Crippen molar-refractivity contribution in [2.45, 2.75) is 94.4 Å². The molecular weight excluding hydrogens is 563 g/mol. The molecule has 40 heavy (non-hydrogen) atoms. The standard InChI is InChI=1S/C25H29F5N4O5S/c1-24(2,3)39-23(35)31-18-9-20(22(25(28,29)30)38-21(18)16-8-14(26)4-7-17(16)27)33-10-13-11-34(32-19(13)12-33)40(36,37)15-5-6-15/h4,7-8,11,15,18,20-22H,5-6,9-10,12H2,1-3H3,(H,31,35)/t18-,20+,21+,22-/m0/s1. The Hall–Kier alpha value is -2.78. The second-order valence-electron chi connectivity index (χ2n) is 11.4. The van der Waals surface area contributed by atoms with Crippen molar-refractivity contribution in [1.29, 1.82) is 0 Å². The van der Waals surface area contributed by atoms with Gasteiger partial charge in [0.2, 0.25) is 0 Å². The molecule has 2 aromatic rings. The van der Waals surface area contributed by atoms with Crippen LogP contribution in [-0.2, 0) is 32.6 Å². The van der Waals surface area contributed by atoms with Crippen LogP contribution in [-0.4, -0.2) is 63.8 Å². The lowest BCUT2D eigenvalue weighted by atomic mass is 9.88. The van der Waals surface area contributed by atoms with Crippen LogP contribution in [0.3, 0.4) is 0 Å². The SMILES string of the molecule is CC(C)(C)OC(=O)N[C@H]1C[C@@H](N2Cc3cn(S(=O)(=O)C4CC4)nc3C2)[C@@H](C(F)(F)F)O[C@@H]1c1cc(F)ccc1F. The molecule has 1 saturated carbocycles. The quantitative estimate of drug-likeness (QED) is 0.520. The third kappa shape index (κ3) is 5.81. The molecule has 2 fully saturated rings. The maximum absolute atomic E-state index is 14.7. The van der Waals surface area contributed by atoms with Gasteiger partial charge >= 0.3 is 12.3 Å². The molecule has 0 bridgehead atoms. The summed E-state index contributed by atoms with van der Waals surface area (Å²) in [5.41, 5.74) is -0.628. The molecule has 2 aliphatic heterocycles. The van der Waals surface area contributed by atoms with Crippen molar-refractivity contribution in [3.63, 3.8) is 0 Å². The molecule has 9 nitrogen and oxygen atoms in total. The lowest BCUT2D eigenvalue weighted by Gasteiger charge is -2.45. The first kappa shape index (κ1) is 28.7. The summed E-state index contributed by atoms with van der Waals surface area (Å²) in [4.78, 5) is 14.1. The molecule has 1 N–H and O–H groups in total. The van der Waals surface area contributed by atoms with Crippen molar-refractivity contribution in [3.05, 3.63) is 52.9 Å². The molecular formula is C25H29F5N4O5S. The molecule has 5 rings (SSSR count). The predicted octanol–water partition coefficient (Wildman–Crippen LogP) is 4.17. The van der Waals surface area contributed by atoms with Gasteiger partial charge in [-0.25, -0.2) is 22.0 Å². The highest BCUT2D eigenvalue weighted by Crippen LogP contribution is 2.43. The topological polar surface area (TPSA) is 103 Å². The molecule has 0 unspecified atom stereocenters. The molecule has 0 radical (unpaired) electrons. The van der Waals surface area contributed by atoms with Crippen molar-refractivity contribution < 1.29 is 44.6 Å². The summed E-state index contributed by atoms with van der Waals surface area (Å²) < 4.78 is 109. The van der Waals surface area contributed by atoms with E-state index in [1.165, 1.54) is 11.1 Å². The van der Waals surface area contributed by atoms with Gasteiger partial charge in [0.1, 0.15) is 23.3 Å². The zero-order valence-electron chi connectivity index (χ0n) is 21.9. The lowest BCUT2D eigenvalue weighted by molar-refractivity contribution is -0.270. The average Bonchev–Trinajstić information content (AvgIpc) is 3.49. The van der Waals surface area contributed by atoms with Crippen molar-refractivity contribution in [3.8, 4) is 0 Å². The number of halogens is 5. The van der Waals surface area contributed by atoms with E-state index in [2.05, 4.69) is 10.4 Å². The van der Waals surface area contributed by atoms with Crippen LogP contribution < -0.4 is 5.32 Å². The van der Waals surface area contributed by atoms with Gasteiger partial charge in [-0.05, 0) is 58.2 Å². The van der Waals surface area contributed by atoms with E-state index in [-0.39, 0.29) is 19.5 Å². The fourth-order valence-corrected chi connectivity index (χ4v) is 6.66. The Morgan fingerprint density at radius 3 is 2.45 bits per heavy atom. The highest BCUT2D eigenvalue weighted by atomic mass is 32.2. The van der Waals surface area contributed by atoms with E-state index < -0.39 is 74.6 Å². The zero-order valence-corrected chi connectivity index (χ0v) is 22.7. The number of carbonyl (C=O) groups is 1. The Bertz CT molecular complexity index is 1380. The second-order valence-corrected chi connectivity index (χ2v) is 13.4. The predicted molar refractivity (Wildman–Crippen MR) is 130 cm³/mol. The van der Waals surface area contributed by atoms with E-state index in [0.717, 1.165) is 22.3 Å². The first-order valence-electron chi connectivity index (χ1n) is 12.8. The van der Waals surface area contributed by atoms with Gasteiger partial charge in [-0.15, -0.1) is 0 Å². The molecule has 4 atom stereocenters. The third-order valence-electron chi connectivity index (χ3n) is 7.05. The lowest BCUT2D eigenvalue weighted by Crippen LogP contribution is -2.59.